The predicted molar refractivity (Wildman–Crippen MR) is 64.6 cm³/mol. The van der Waals surface area contributed by atoms with Crippen molar-refractivity contribution >= 4 is 17.3 Å². The Labute approximate surface area is 104 Å². The molecule has 0 aliphatic rings. The number of hydrogen-bond donors (Lipinski definition) is 1. The molecule has 1 atom stereocenters. The summed E-state index contributed by atoms with van der Waals surface area (Å²) < 4.78 is 10.2. The maximum absolute atomic E-state index is 5.83. The predicted octanol–water partition coefficient (Wildman–Crippen LogP) is 2.68. The molecule has 2 N–H and O–H groups in total. The molecule has 0 saturated carbocycles. The molecule has 17 heavy (non-hydrogen) atoms. The second-order valence-electron chi connectivity index (χ2n) is 3.57. The summed E-state index contributed by atoms with van der Waals surface area (Å²) in [7, 11) is 1.58. The SMILES string of the molecule is COC(C)c1noc(-c2ccc(Cl)cc2N)n1. The van der Waals surface area contributed by atoms with Crippen molar-refractivity contribution in [3.05, 3.63) is 29.0 Å². The van der Waals surface area contributed by atoms with Crippen molar-refractivity contribution in [1.82, 2.24) is 10.1 Å². The zero-order valence-electron chi connectivity index (χ0n) is 9.48. The van der Waals surface area contributed by atoms with Crippen molar-refractivity contribution < 1.29 is 9.26 Å². The molecule has 5 nitrogen and oxygen atoms in total. The third kappa shape index (κ3) is 2.40. The molecule has 2 rings (SSSR count). The first-order valence-corrected chi connectivity index (χ1v) is 5.41. The molecule has 1 aromatic heterocycles. The van der Waals surface area contributed by atoms with Crippen LogP contribution in [0.4, 0.5) is 5.69 Å². The third-order valence-electron chi connectivity index (χ3n) is 2.40. The van der Waals surface area contributed by atoms with Gasteiger partial charge in [0.15, 0.2) is 0 Å². The van der Waals surface area contributed by atoms with Crippen LogP contribution in [0.1, 0.15) is 18.9 Å². The van der Waals surface area contributed by atoms with Gasteiger partial charge in [-0.1, -0.05) is 16.8 Å². The summed E-state index contributed by atoms with van der Waals surface area (Å²) in [6, 6.07) is 5.10. The highest BCUT2D eigenvalue weighted by atomic mass is 35.5. The van der Waals surface area contributed by atoms with Crippen LogP contribution in [-0.2, 0) is 4.74 Å². The maximum Gasteiger partial charge on any atom is 0.260 e. The maximum atomic E-state index is 5.83. The zero-order valence-corrected chi connectivity index (χ0v) is 10.2. The van der Waals surface area contributed by atoms with E-state index < -0.39 is 0 Å². The van der Waals surface area contributed by atoms with Gasteiger partial charge in [0.2, 0.25) is 5.82 Å². The van der Waals surface area contributed by atoms with Crippen molar-refractivity contribution in [1.29, 1.82) is 0 Å². The molecule has 0 amide bonds. The molecule has 1 heterocycles. The fourth-order valence-electron chi connectivity index (χ4n) is 1.34. The van der Waals surface area contributed by atoms with Gasteiger partial charge in [-0.3, -0.25) is 0 Å². The number of ether oxygens (including phenoxy) is 1. The van der Waals surface area contributed by atoms with Crippen molar-refractivity contribution in [2.24, 2.45) is 0 Å². The molecular formula is C11H12ClN3O2. The Bertz CT molecular complexity index is 527. The summed E-state index contributed by atoms with van der Waals surface area (Å²) in [5, 5.41) is 4.39. The first-order valence-electron chi connectivity index (χ1n) is 5.03. The minimum absolute atomic E-state index is 0.221. The quantitative estimate of drug-likeness (QED) is 0.852. The van der Waals surface area contributed by atoms with Gasteiger partial charge in [-0.25, -0.2) is 0 Å². The molecule has 2 aromatic rings. The Morgan fingerprint density at radius 1 is 1.47 bits per heavy atom. The highest BCUT2D eigenvalue weighted by Gasteiger charge is 2.15. The van der Waals surface area contributed by atoms with Gasteiger partial charge in [0.1, 0.15) is 6.10 Å². The Balaban J connectivity index is 2.37. The molecule has 90 valence electrons. The summed E-state index contributed by atoms with van der Waals surface area (Å²) in [4.78, 5) is 4.22. The average molecular weight is 254 g/mol. The molecule has 0 aliphatic carbocycles. The topological polar surface area (TPSA) is 74.2 Å². The lowest BCUT2D eigenvalue weighted by Gasteiger charge is -2.02. The van der Waals surface area contributed by atoms with Crippen molar-refractivity contribution in [3.8, 4) is 11.5 Å². The van der Waals surface area contributed by atoms with Crippen LogP contribution in [-0.4, -0.2) is 17.3 Å². The van der Waals surface area contributed by atoms with Gasteiger partial charge in [0.25, 0.3) is 5.89 Å². The molecule has 0 spiro atoms. The first kappa shape index (κ1) is 11.9. The van der Waals surface area contributed by atoms with Crippen LogP contribution in [0.2, 0.25) is 5.02 Å². The van der Waals surface area contributed by atoms with Gasteiger partial charge < -0.3 is 15.0 Å². The van der Waals surface area contributed by atoms with Gasteiger partial charge in [-0.15, -0.1) is 0 Å². The van der Waals surface area contributed by atoms with Gasteiger partial charge in [-0.05, 0) is 25.1 Å². The fourth-order valence-corrected chi connectivity index (χ4v) is 1.52. The number of methoxy groups -OCH3 is 1. The molecule has 0 aliphatic heterocycles. The molecule has 1 aromatic carbocycles. The lowest BCUT2D eigenvalue weighted by Crippen LogP contribution is -1.98. The highest BCUT2D eigenvalue weighted by Crippen LogP contribution is 2.28. The van der Waals surface area contributed by atoms with Gasteiger partial charge in [0, 0.05) is 17.8 Å². The number of nitrogens with zero attached hydrogens (tertiary/aromatic N) is 2. The van der Waals surface area contributed by atoms with E-state index in [1.807, 2.05) is 6.92 Å². The van der Waals surface area contributed by atoms with Crippen molar-refractivity contribution in [3.63, 3.8) is 0 Å². The van der Waals surface area contributed by atoms with Gasteiger partial charge in [0.05, 0.1) is 5.56 Å². The van der Waals surface area contributed by atoms with Crippen LogP contribution in [0.5, 0.6) is 0 Å². The minimum atomic E-state index is -0.221. The standard InChI is InChI=1S/C11H12ClN3O2/c1-6(16-2)10-14-11(17-15-10)8-4-3-7(12)5-9(8)13/h3-6H,13H2,1-2H3. The van der Waals surface area contributed by atoms with E-state index in [-0.39, 0.29) is 6.10 Å². The number of nitrogen functional groups attached to an aromatic ring is 1. The molecule has 1 unspecified atom stereocenters. The molecule has 0 bridgehead atoms. The van der Waals surface area contributed by atoms with Crippen LogP contribution in [0.15, 0.2) is 22.7 Å². The molecule has 0 saturated heterocycles. The Hall–Kier alpha value is -1.59. The average Bonchev–Trinajstić information content (AvgIpc) is 2.77. The van der Waals surface area contributed by atoms with Gasteiger partial charge in [-0.2, -0.15) is 4.98 Å². The highest BCUT2D eigenvalue weighted by molar-refractivity contribution is 6.31. The second kappa shape index (κ2) is 4.73. The summed E-state index contributed by atoms with van der Waals surface area (Å²) in [6.45, 7) is 1.83. The monoisotopic (exact) mass is 253 g/mol. The Kier molecular flexibility index (Phi) is 3.31. The van der Waals surface area contributed by atoms with E-state index in [0.717, 1.165) is 0 Å². The lowest BCUT2D eigenvalue weighted by molar-refractivity contribution is 0.109. The largest absolute Gasteiger partial charge is 0.398 e. The number of benzene rings is 1. The zero-order chi connectivity index (χ0) is 12.4. The van der Waals surface area contributed by atoms with Crippen LogP contribution < -0.4 is 5.73 Å². The first-order chi connectivity index (χ1) is 8.11. The number of aromatic nitrogens is 2. The van der Waals surface area contributed by atoms with Crippen LogP contribution >= 0.6 is 11.6 Å². The Morgan fingerprint density at radius 2 is 2.24 bits per heavy atom. The summed E-state index contributed by atoms with van der Waals surface area (Å²) in [6.07, 6.45) is -0.221. The number of rotatable bonds is 3. The summed E-state index contributed by atoms with van der Waals surface area (Å²) >= 11 is 5.82. The van der Waals surface area contributed by atoms with E-state index in [2.05, 4.69) is 10.1 Å². The van der Waals surface area contributed by atoms with E-state index in [9.17, 15) is 0 Å². The lowest BCUT2D eigenvalue weighted by atomic mass is 10.2. The molecule has 0 radical (unpaired) electrons. The van der Waals surface area contributed by atoms with Crippen LogP contribution in [0, 0.1) is 0 Å². The van der Waals surface area contributed by atoms with E-state index in [1.54, 1.807) is 25.3 Å². The van der Waals surface area contributed by atoms with Crippen LogP contribution in [0.3, 0.4) is 0 Å². The molecule has 6 heteroatoms. The molecule has 0 fully saturated rings. The normalized spacial score (nSPS) is 12.6. The molecular weight excluding hydrogens is 242 g/mol. The third-order valence-corrected chi connectivity index (χ3v) is 2.64. The van der Waals surface area contributed by atoms with Crippen LogP contribution in [0.25, 0.3) is 11.5 Å². The smallest absolute Gasteiger partial charge is 0.260 e. The Morgan fingerprint density at radius 3 is 2.88 bits per heavy atom. The number of halogens is 1. The summed E-state index contributed by atoms with van der Waals surface area (Å²) in [5.41, 5.74) is 6.99. The van der Waals surface area contributed by atoms with Crippen molar-refractivity contribution in [2.75, 3.05) is 12.8 Å². The van der Waals surface area contributed by atoms with E-state index >= 15 is 0 Å². The number of anilines is 1. The fraction of sp³-hybridized carbons (Fsp3) is 0.273. The van der Waals surface area contributed by atoms with Crippen molar-refractivity contribution in [2.45, 2.75) is 13.0 Å². The van der Waals surface area contributed by atoms with E-state index in [4.69, 9.17) is 26.6 Å². The van der Waals surface area contributed by atoms with E-state index in [0.29, 0.717) is 28.0 Å². The van der Waals surface area contributed by atoms with E-state index in [1.165, 1.54) is 0 Å². The number of nitrogens with two attached hydrogens (primary N) is 1. The number of hydrogen-bond acceptors (Lipinski definition) is 5. The second-order valence-corrected chi connectivity index (χ2v) is 4.00. The van der Waals surface area contributed by atoms with Gasteiger partial charge >= 0.3 is 0 Å². The minimum Gasteiger partial charge on any atom is -0.398 e. The summed E-state index contributed by atoms with van der Waals surface area (Å²) in [5.74, 6) is 0.843.